The van der Waals surface area contributed by atoms with Crippen LogP contribution >= 0.6 is 11.3 Å². The third kappa shape index (κ3) is 2.81. The third-order valence-electron chi connectivity index (χ3n) is 4.01. The van der Waals surface area contributed by atoms with Crippen LogP contribution in [0.25, 0.3) is 21.5 Å². The van der Waals surface area contributed by atoms with E-state index in [1.807, 2.05) is 37.4 Å². The van der Waals surface area contributed by atoms with Gasteiger partial charge in [-0.3, -0.25) is 4.79 Å². The summed E-state index contributed by atoms with van der Waals surface area (Å²) in [5, 5.41) is 6.72. The van der Waals surface area contributed by atoms with Crippen LogP contribution < -0.4 is 5.56 Å². The smallest absolute Gasteiger partial charge is 0.283 e. The van der Waals surface area contributed by atoms with E-state index < -0.39 is 0 Å². The van der Waals surface area contributed by atoms with Crippen LogP contribution in [0.4, 0.5) is 0 Å². The molecule has 0 atom stereocenters. The van der Waals surface area contributed by atoms with Crippen LogP contribution in [0.1, 0.15) is 16.7 Å². The van der Waals surface area contributed by atoms with Crippen molar-refractivity contribution in [2.75, 3.05) is 0 Å². The predicted octanol–water partition coefficient (Wildman–Crippen LogP) is 4.22. The molecule has 3 aromatic heterocycles. The zero-order valence-corrected chi connectivity index (χ0v) is 14.6. The first-order valence-electron chi connectivity index (χ1n) is 7.78. The van der Waals surface area contributed by atoms with Gasteiger partial charge in [0.1, 0.15) is 16.9 Å². The summed E-state index contributed by atoms with van der Waals surface area (Å²) in [4.78, 5) is 17.9. The number of benzene rings is 1. The van der Waals surface area contributed by atoms with Gasteiger partial charge in [0.15, 0.2) is 0 Å². The van der Waals surface area contributed by atoms with Crippen molar-refractivity contribution in [1.82, 2.24) is 9.66 Å². The van der Waals surface area contributed by atoms with Gasteiger partial charge in [0.2, 0.25) is 0 Å². The highest BCUT2D eigenvalue weighted by atomic mass is 32.1. The van der Waals surface area contributed by atoms with E-state index in [1.165, 1.54) is 27.9 Å². The molecule has 0 radical (unpaired) electrons. The minimum Gasteiger partial charge on any atom is -0.464 e. The molecule has 5 nitrogen and oxygen atoms in total. The van der Waals surface area contributed by atoms with E-state index in [9.17, 15) is 4.79 Å². The van der Waals surface area contributed by atoms with Gasteiger partial charge < -0.3 is 4.42 Å². The molecule has 4 aromatic rings. The van der Waals surface area contributed by atoms with Crippen molar-refractivity contribution in [3.63, 3.8) is 0 Å². The molecule has 3 heterocycles. The largest absolute Gasteiger partial charge is 0.464 e. The van der Waals surface area contributed by atoms with Crippen molar-refractivity contribution in [2.45, 2.75) is 13.8 Å². The van der Waals surface area contributed by atoms with Crippen molar-refractivity contribution in [3.05, 3.63) is 75.3 Å². The van der Waals surface area contributed by atoms with Crippen LogP contribution in [0.15, 0.2) is 62.6 Å². The highest BCUT2D eigenvalue weighted by Gasteiger charge is 2.14. The highest BCUT2D eigenvalue weighted by molar-refractivity contribution is 7.17. The Kier molecular flexibility index (Phi) is 3.82. The van der Waals surface area contributed by atoms with Crippen LogP contribution in [0.2, 0.25) is 0 Å². The van der Waals surface area contributed by atoms with Gasteiger partial charge >= 0.3 is 0 Å². The Morgan fingerprint density at radius 1 is 1.28 bits per heavy atom. The maximum atomic E-state index is 12.8. The standard InChI is InChI=1S/C19H15N3O2S/c1-12-5-6-14(13(2)8-12)9-21-22-11-20-18-17(19(22)23)15(10-25-18)16-4-3-7-24-16/h3-11H,1-2H3/b21-9-. The number of nitrogens with zero attached hydrogens (tertiary/aromatic N) is 3. The second-order valence-electron chi connectivity index (χ2n) is 5.81. The Bertz CT molecular complexity index is 1140. The Morgan fingerprint density at radius 3 is 2.92 bits per heavy atom. The van der Waals surface area contributed by atoms with E-state index in [-0.39, 0.29) is 5.56 Å². The number of rotatable bonds is 3. The molecule has 124 valence electrons. The summed E-state index contributed by atoms with van der Waals surface area (Å²) in [5.41, 5.74) is 3.81. The van der Waals surface area contributed by atoms with E-state index >= 15 is 0 Å². The summed E-state index contributed by atoms with van der Waals surface area (Å²) in [7, 11) is 0. The summed E-state index contributed by atoms with van der Waals surface area (Å²) < 4.78 is 6.69. The number of hydrogen-bond acceptors (Lipinski definition) is 5. The molecular formula is C19H15N3O2S. The molecule has 0 saturated carbocycles. The van der Waals surface area contributed by atoms with Crippen LogP contribution in [-0.2, 0) is 0 Å². The monoisotopic (exact) mass is 349 g/mol. The second-order valence-corrected chi connectivity index (χ2v) is 6.66. The Labute approximate surface area is 147 Å². The van der Waals surface area contributed by atoms with Crippen LogP contribution in [0.3, 0.4) is 0 Å². The highest BCUT2D eigenvalue weighted by Crippen LogP contribution is 2.30. The lowest BCUT2D eigenvalue weighted by molar-refractivity contribution is 0.583. The van der Waals surface area contributed by atoms with Gasteiger partial charge in [0.05, 0.1) is 17.9 Å². The first-order valence-corrected chi connectivity index (χ1v) is 8.66. The van der Waals surface area contributed by atoms with E-state index in [4.69, 9.17) is 4.42 Å². The lowest BCUT2D eigenvalue weighted by Gasteiger charge is -2.02. The van der Waals surface area contributed by atoms with Crippen LogP contribution in [0, 0.1) is 13.8 Å². The fraction of sp³-hybridized carbons (Fsp3) is 0.105. The zero-order valence-electron chi connectivity index (χ0n) is 13.8. The van der Waals surface area contributed by atoms with Gasteiger partial charge in [0, 0.05) is 10.9 Å². The maximum Gasteiger partial charge on any atom is 0.283 e. The Hall–Kier alpha value is -2.99. The number of furan rings is 1. The number of hydrogen-bond donors (Lipinski definition) is 0. The molecule has 0 bridgehead atoms. The average Bonchev–Trinajstić information content (AvgIpc) is 3.24. The quantitative estimate of drug-likeness (QED) is 0.520. The van der Waals surface area contributed by atoms with Crippen LogP contribution in [-0.4, -0.2) is 15.9 Å². The summed E-state index contributed by atoms with van der Waals surface area (Å²) in [6.45, 7) is 4.06. The van der Waals surface area contributed by atoms with Crippen molar-refractivity contribution in [2.24, 2.45) is 5.10 Å². The molecule has 0 unspecified atom stereocenters. The Balaban J connectivity index is 1.81. The molecule has 0 spiro atoms. The van der Waals surface area contributed by atoms with Gasteiger partial charge in [-0.05, 0) is 37.1 Å². The van der Waals surface area contributed by atoms with Crippen molar-refractivity contribution >= 4 is 27.8 Å². The molecule has 0 N–H and O–H groups in total. The third-order valence-corrected chi connectivity index (χ3v) is 4.90. The minimum absolute atomic E-state index is 0.210. The summed E-state index contributed by atoms with van der Waals surface area (Å²) >= 11 is 1.42. The predicted molar refractivity (Wildman–Crippen MR) is 100 cm³/mol. The number of aromatic nitrogens is 2. The van der Waals surface area contributed by atoms with E-state index in [0.29, 0.717) is 16.0 Å². The van der Waals surface area contributed by atoms with Crippen molar-refractivity contribution in [1.29, 1.82) is 0 Å². The Morgan fingerprint density at radius 2 is 2.16 bits per heavy atom. The van der Waals surface area contributed by atoms with Crippen molar-refractivity contribution < 1.29 is 4.42 Å². The fourth-order valence-corrected chi connectivity index (χ4v) is 3.60. The molecule has 0 aliphatic carbocycles. The second kappa shape index (κ2) is 6.14. The van der Waals surface area contributed by atoms with E-state index in [2.05, 4.69) is 16.2 Å². The molecule has 4 rings (SSSR count). The van der Waals surface area contributed by atoms with Gasteiger partial charge in [-0.25, -0.2) is 4.98 Å². The van der Waals surface area contributed by atoms with E-state index in [0.717, 1.165) is 16.7 Å². The number of thiophene rings is 1. The summed E-state index contributed by atoms with van der Waals surface area (Å²) in [6, 6.07) is 9.72. The van der Waals surface area contributed by atoms with Gasteiger partial charge in [-0.15, -0.1) is 11.3 Å². The summed E-state index contributed by atoms with van der Waals surface area (Å²) in [5.74, 6) is 0.654. The lowest BCUT2D eigenvalue weighted by Crippen LogP contribution is -2.16. The number of aryl methyl sites for hydroxylation is 2. The molecule has 0 aliphatic heterocycles. The molecule has 0 fully saturated rings. The summed E-state index contributed by atoms with van der Waals surface area (Å²) in [6.07, 6.45) is 4.72. The van der Waals surface area contributed by atoms with Crippen LogP contribution in [0.5, 0.6) is 0 Å². The number of fused-ring (bicyclic) bond motifs is 1. The maximum absolute atomic E-state index is 12.8. The normalized spacial score (nSPS) is 11.6. The average molecular weight is 349 g/mol. The first-order chi connectivity index (χ1) is 12.1. The zero-order chi connectivity index (χ0) is 17.4. The fourth-order valence-electron chi connectivity index (χ4n) is 2.71. The molecule has 0 saturated heterocycles. The van der Waals surface area contributed by atoms with Gasteiger partial charge in [-0.2, -0.15) is 9.78 Å². The molecule has 0 amide bonds. The van der Waals surface area contributed by atoms with Gasteiger partial charge in [0.25, 0.3) is 5.56 Å². The molecule has 6 heteroatoms. The molecular weight excluding hydrogens is 334 g/mol. The molecule has 1 aromatic carbocycles. The topological polar surface area (TPSA) is 60.4 Å². The molecule has 25 heavy (non-hydrogen) atoms. The molecule has 0 aliphatic rings. The van der Waals surface area contributed by atoms with Gasteiger partial charge in [-0.1, -0.05) is 23.8 Å². The first kappa shape index (κ1) is 15.5. The lowest BCUT2D eigenvalue weighted by atomic mass is 10.1. The van der Waals surface area contributed by atoms with Crippen molar-refractivity contribution in [3.8, 4) is 11.3 Å². The SMILES string of the molecule is Cc1ccc(/C=N\n2cnc3scc(-c4ccco4)c3c2=O)c(C)c1. The minimum atomic E-state index is -0.210. The van der Waals surface area contributed by atoms with E-state index in [1.54, 1.807) is 18.5 Å².